The summed E-state index contributed by atoms with van der Waals surface area (Å²) in [4.78, 5) is 0. The molecule has 2 N–H and O–H groups in total. The SMILES string of the molecule is CCC[C@@H](CNCC(C)(C)O)C(C)C. The number of aliphatic hydroxyl groups is 1. The third-order valence-corrected chi connectivity index (χ3v) is 2.57. The maximum Gasteiger partial charge on any atom is 0.0715 e. The van der Waals surface area contributed by atoms with E-state index in [0.717, 1.165) is 18.4 Å². The van der Waals surface area contributed by atoms with Gasteiger partial charge in [-0.05, 0) is 38.6 Å². The Morgan fingerprint density at radius 1 is 1.29 bits per heavy atom. The molecule has 0 aromatic carbocycles. The van der Waals surface area contributed by atoms with Gasteiger partial charge in [0.25, 0.3) is 0 Å². The average Bonchev–Trinajstić information content (AvgIpc) is 2.00. The molecule has 1 atom stereocenters. The van der Waals surface area contributed by atoms with Crippen molar-refractivity contribution in [1.82, 2.24) is 5.32 Å². The van der Waals surface area contributed by atoms with Crippen molar-refractivity contribution < 1.29 is 5.11 Å². The second kappa shape index (κ2) is 6.41. The van der Waals surface area contributed by atoms with Crippen LogP contribution in [0.2, 0.25) is 0 Å². The van der Waals surface area contributed by atoms with Crippen molar-refractivity contribution in [2.45, 2.75) is 53.1 Å². The highest BCUT2D eigenvalue weighted by Gasteiger charge is 2.15. The molecule has 0 fully saturated rings. The lowest BCUT2D eigenvalue weighted by Gasteiger charge is -2.24. The predicted molar refractivity (Wildman–Crippen MR) is 62.4 cm³/mol. The van der Waals surface area contributed by atoms with Crippen LogP contribution in [0.1, 0.15) is 47.5 Å². The summed E-state index contributed by atoms with van der Waals surface area (Å²) in [6.45, 7) is 12.1. The lowest BCUT2D eigenvalue weighted by Crippen LogP contribution is -2.38. The topological polar surface area (TPSA) is 32.3 Å². The molecule has 0 aliphatic rings. The Kier molecular flexibility index (Phi) is 6.38. The van der Waals surface area contributed by atoms with E-state index >= 15 is 0 Å². The van der Waals surface area contributed by atoms with Crippen molar-refractivity contribution >= 4 is 0 Å². The molecule has 0 saturated carbocycles. The van der Waals surface area contributed by atoms with Crippen molar-refractivity contribution in [2.75, 3.05) is 13.1 Å². The van der Waals surface area contributed by atoms with Crippen LogP contribution in [-0.4, -0.2) is 23.8 Å². The van der Waals surface area contributed by atoms with E-state index < -0.39 is 5.60 Å². The molecule has 0 spiro atoms. The van der Waals surface area contributed by atoms with Gasteiger partial charge in [0.15, 0.2) is 0 Å². The lowest BCUT2D eigenvalue weighted by molar-refractivity contribution is 0.0777. The standard InChI is InChI=1S/C12H27NO/c1-6-7-11(10(2)3)8-13-9-12(4,5)14/h10-11,13-14H,6-9H2,1-5H3/t11-/m0/s1. The molecule has 0 radical (unpaired) electrons. The van der Waals surface area contributed by atoms with Gasteiger partial charge in [-0.3, -0.25) is 0 Å². The number of hydrogen-bond acceptors (Lipinski definition) is 2. The average molecular weight is 201 g/mol. The van der Waals surface area contributed by atoms with Crippen molar-refractivity contribution in [1.29, 1.82) is 0 Å². The van der Waals surface area contributed by atoms with Crippen LogP contribution in [0, 0.1) is 11.8 Å². The summed E-state index contributed by atoms with van der Waals surface area (Å²) in [5.41, 5.74) is -0.590. The van der Waals surface area contributed by atoms with E-state index in [4.69, 9.17) is 0 Å². The fraction of sp³-hybridized carbons (Fsp3) is 1.00. The van der Waals surface area contributed by atoms with Crippen molar-refractivity contribution in [3.05, 3.63) is 0 Å². The molecule has 0 aromatic heterocycles. The largest absolute Gasteiger partial charge is 0.389 e. The number of rotatable bonds is 7. The second-order valence-corrected chi connectivity index (χ2v) is 5.24. The van der Waals surface area contributed by atoms with Crippen LogP contribution in [0.5, 0.6) is 0 Å². The molecule has 14 heavy (non-hydrogen) atoms. The smallest absolute Gasteiger partial charge is 0.0715 e. The summed E-state index contributed by atoms with van der Waals surface area (Å²) in [5, 5.41) is 12.9. The Hall–Kier alpha value is -0.0800. The summed E-state index contributed by atoms with van der Waals surface area (Å²) >= 11 is 0. The molecule has 2 heteroatoms. The van der Waals surface area contributed by atoms with E-state index in [1.165, 1.54) is 12.8 Å². The monoisotopic (exact) mass is 201 g/mol. The maximum absolute atomic E-state index is 9.54. The van der Waals surface area contributed by atoms with Gasteiger partial charge in [-0.2, -0.15) is 0 Å². The van der Waals surface area contributed by atoms with Gasteiger partial charge in [0.1, 0.15) is 0 Å². The quantitative estimate of drug-likeness (QED) is 0.663. The minimum atomic E-state index is -0.590. The summed E-state index contributed by atoms with van der Waals surface area (Å²) in [6.07, 6.45) is 2.52. The Bertz CT molecular complexity index is 138. The molecular formula is C12H27NO. The molecule has 0 aliphatic carbocycles. The molecular weight excluding hydrogens is 174 g/mol. The minimum Gasteiger partial charge on any atom is -0.389 e. The summed E-state index contributed by atoms with van der Waals surface area (Å²) < 4.78 is 0. The zero-order valence-corrected chi connectivity index (χ0v) is 10.4. The van der Waals surface area contributed by atoms with Crippen LogP contribution in [0.3, 0.4) is 0 Å². The van der Waals surface area contributed by atoms with Crippen LogP contribution in [-0.2, 0) is 0 Å². The molecule has 0 heterocycles. The summed E-state index contributed by atoms with van der Waals surface area (Å²) in [7, 11) is 0. The molecule has 0 rings (SSSR count). The third kappa shape index (κ3) is 7.34. The molecule has 0 saturated heterocycles. The van der Waals surface area contributed by atoms with E-state index in [9.17, 15) is 5.11 Å². The highest BCUT2D eigenvalue weighted by atomic mass is 16.3. The molecule has 0 unspecified atom stereocenters. The van der Waals surface area contributed by atoms with Gasteiger partial charge in [-0.1, -0.05) is 27.2 Å². The number of hydrogen-bond donors (Lipinski definition) is 2. The van der Waals surface area contributed by atoms with Crippen LogP contribution in [0.4, 0.5) is 0 Å². The van der Waals surface area contributed by atoms with Gasteiger partial charge in [0.2, 0.25) is 0 Å². The molecule has 86 valence electrons. The van der Waals surface area contributed by atoms with E-state index in [2.05, 4.69) is 26.1 Å². The van der Waals surface area contributed by atoms with Crippen LogP contribution >= 0.6 is 0 Å². The summed E-state index contributed by atoms with van der Waals surface area (Å²) in [6, 6.07) is 0. The van der Waals surface area contributed by atoms with Crippen LogP contribution < -0.4 is 5.32 Å². The van der Waals surface area contributed by atoms with Gasteiger partial charge in [-0.25, -0.2) is 0 Å². The van der Waals surface area contributed by atoms with E-state index in [1.54, 1.807) is 0 Å². The number of nitrogens with one attached hydrogen (secondary N) is 1. The van der Waals surface area contributed by atoms with E-state index in [0.29, 0.717) is 6.54 Å². The second-order valence-electron chi connectivity index (χ2n) is 5.24. The fourth-order valence-corrected chi connectivity index (χ4v) is 1.61. The summed E-state index contributed by atoms with van der Waals surface area (Å²) in [5.74, 6) is 1.46. The van der Waals surface area contributed by atoms with Gasteiger partial charge in [0, 0.05) is 6.54 Å². The first-order chi connectivity index (χ1) is 6.37. The highest BCUT2D eigenvalue weighted by Crippen LogP contribution is 2.16. The molecule has 0 amide bonds. The van der Waals surface area contributed by atoms with Crippen LogP contribution in [0.15, 0.2) is 0 Å². The Morgan fingerprint density at radius 3 is 2.21 bits per heavy atom. The first-order valence-corrected chi connectivity index (χ1v) is 5.80. The third-order valence-electron chi connectivity index (χ3n) is 2.57. The zero-order chi connectivity index (χ0) is 11.2. The van der Waals surface area contributed by atoms with Gasteiger partial charge in [-0.15, -0.1) is 0 Å². The predicted octanol–water partition coefficient (Wildman–Crippen LogP) is 2.42. The van der Waals surface area contributed by atoms with Crippen molar-refractivity contribution in [3.63, 3.8) is 0 Å². The Balaban J connectivity index is 3.72. The molecule has 0 aromatic rings. The first-order valence-electron chi connectivity index (χ1n) is 5.80. The Labute approximate surface area is 89.1 Å². The first kappa shape index (κ1) is 13.9. The highest BCUT2D eigenvalue weighted by molar-refractivity contribution is 4.71. The van der Waals surface area contributed by atoms with E-state index in [-0.39, 0.29) is 0 Å². The maximum atomic E-state index is 9.54. The van der Waals surface area contributed by atoms with Gasteiger partial charge >= 0.3 is 0 Å². The van der Waals surface area contributed by atoms with Crippen LogP contribution in [0.25, 0.3) is 0 Å². The normalized spacial score (nSPS) is 14.8. The molecule has 0 bridgehead atoms. The molecule has 2 nitrogen and oxygen atoms in total. The fourth-order valence-electron chi connectivity index (χ4n) is 1.61. The van der Waals surface area contributed by atoms with Gasteiger partial charge in [0.05, 0.1) is 5.60 Å². The Morgan fingerprint density at radius 2 is 1.86 bits per heavy atom. The minimum absolute atomic E-state index is 0.590. The van der Waals surface area contributed by atoms with Crippen molar-refractivity contribution in [3.8, 4) is 0 Å². The zero-order valence-electron chi connectivity index (χ0n) is 10.4. The molecule has 0 aliphatic heterocycles. The lowest BCUT2D eigenvalue weighted by atomic mass is 9.91. The van der Waals surface area contributed by atoms with E-state index in [1.807, 2.05) is 13.8 Å². The van der Waals surface area contributed by atoms with Crippen molar-refractivity contribution in [2.24, 2.45) is 11.8 Å². The van der Waals surface area contributed by atoms with Gasteiger partial charge < -0.3 is 10.4 Å².